The van der Waals surface area contributed by atoms with Crippen molar-refractivity contribution < 1.29 is 0 Å². The first-order chi connectivity index (χ1) is 18.1. The van der Waals surface area contributed by atoms with Gasteiger partial charge in [-0.05, 0) is 36.2 Å². The second-order valence-electron chi connectivity index (χ2n) is 9.93. The number of rotatable bonds is 7. The molecule has 0 radical (unpaired) electrons. The predicted molar refractivity (Wildman–Crippen MR) is 149 cm³/mol. The number of hydrogen-bond acceptors (Lipinski definition) is 7. The quantitative estimate of drug-likeness (QED) is 0.314. The van der Waals surface area contributed by atoms with E-state index in [9.17, 15) is 10.1 Å². The summed E-state index contributed by atoms with van der Waals surface area (Å²) >= 11 is 6.15. The molecule has 1 aromatic carbocycles. The standard InChI is InChI=1S/C27H28ClN9O/c1-16(2)13-36-26-23(25(31-27(36)38)32-34(3)4)24(22-10-17(12-29)14-35(22)5)37(33-26)15-20-8-6-18-11-19(28)7-9-21(18)30-20/h6-11,14,16H,13,15H2,1-5H3,(H,31,32,38). The molecule has 0 fully saturated rings. The Morgan fingerprint density at radius 3 is 2.63 bits per heavy atom. The SMILES string of the molecule is CC(C)Cn1c(=O)nc(NN(C)C)c2c(-c3cc(C#N)cn3C)n(Cc3ccc4cc(Cl)ccc4n3)nc21. The van der Waals surface area contributed by atoms with Crippen LogP contribution in [0.1, 0.15) is 25.1 Å². The number of halogens is 1. The molecule has 0 unspecified atom stereocenters. The topological polar surface area (TPSA) is 110 Å². The number of fused-ring (bicyclic) bond motifs is 2. The summed E-state index contributed by atoms with van der Waals surface area (Å²) in [5.41, 5.74) is 6.96. The van der Waals surface area contributed by atoms with E-state index in [0.717, 1.165) is 28.0 Å². The normalized spacial score (nSPS) is 11.7. The lowest BCUT2D eigenvalue weighted by atomic mass is 10.1. The van der Waals surface area contributed by atoms with Crippen molar-refractivity contribution in [2.75, 3.05) is 19.5 Å². The van der Waals surface area contributed by atoms with Crippen LogP contribution in [0.3, 0.4) is 0 Å². The zero-order chi connectivity index (χ0) is 27.1. The number of hydrazine groups is 1. The molecule has 1 N–H and O–H groups in total. The van der Waals surface area contributed by atoms with Crippen LogP contribution in [0.25, 0.3) is 33.3 Å². The third-order valence-electron chi connectivity index (χ3n) is 6.14. The van der Waals surface area contributed by atoms with Crippen LogP contribution < -0.4 is 11.1 Å². The van der Waals surface area contributed by atoms with Gasteiger partial charge in [-0.1, -0.05) is 31.5 Å². The van der Waals surface area contributed by atoms with Crippen molar-refractivity contribution in [1.82, 2.24) is 33.9 Å². The Balaban J connectivity index is 1.80. The minimum atomic E-state index is -0.378. The zero-order valence-corrected chi connectivity index (χ0v) is 22.7. The molecule has 38 heavy (non-hydrogen) atoms. The van der Waals surface area contributed by atoms with Crippen LogP contribution in [0, 0.1) is 17.2 Å². The maximum absolute atomic E-state index is 13.2. The molecule has 10 nitrogen and oxygen atoms in total. The molecule has 194 valence electrons. The second-order valence-corrected chi connectivity index (χ2v) is 10.4. The summed E-state index contributed by atoms with van der Waals surface area (Å²) in [7, 11) is 5.55. The Morgan fingerprint density at radius 1 is 1.16 bits per heavy atom. The van der Waals surface area contributed by atoms with Crippen LogP contribution >= 0.6 is 11.6 Å². The van der Waals surface area contributed by atoms with E-state index in [1.54, 1.807) is 15.8 Å². The van der Waals surface area contributed by atoms with E-state index in [1.807, 2.05) is 80.6 Å². The number of aromatic nitrogens is 6. The molecule has 0 saturated carbocycles. The lowest BCUT2D eigenvalue weighted by molar-refractivity contribution is 0.488. The maximum Gasteiger partial charge on any atom is 0.351 e. The largest absolute Gasteiger partial charge is 0.351 e. The molecule has 0 amide bonds. The average Bonchev–Trinajstić information content (AvgIpc) is 3.41. The van der Waals surface area contributed by atoms with E-state index >= 15 is 0 Å². The van der Waals surface area contributed by atoms with Crippen molar-refractivity contribution in [2.24, 2.45) is 13.0 Å². The van der Waals surface area contributed by atoms with E-state index in [2.05, 4.69) is 16.5 Å². The van der Waals surface area contributed by atoms with E-state index in [4.69, 9.17) is 21.7 Å². The number of nitrogens with zero attached hydrogens (tertiary/aromatic N) is 8. The predicted octanol–water partition coefficient (Wildman–Crippen LogP) is 4.26. The fourth-order valence-electron chi connectivity index (χ4n) is 4.60. The van der Waals surface area contributed by atoms with Gasteiger partial charge in [-0.2, -0.15) is 15.3 Å². The summed E-state index contributed by atoms with van der Waals surface area (Å²) in [4.78, 5) is 22.4. The molecule has 5 aromatic rings. The highest BCUT2D eigenvalue weighted by atomic mass is 35.5. The van der Waals surface area contributed by atoms with Crippen LogP contribution in [-0.2, 0) is 20.1 Å². The first kappa shape index (κ1) is 25.4. The Hall–Kier alpha value is -4.20. The smallest absolute Gasteiger partial charge is 0.348 e. The Morgan fingerprint density at radius 2 is 1.95 bits per heavy atom. The van der Waals surface area contributed by atoms with Gasteiger partial charge >= 0.3 is 5.69 Å². The van der Waals surface area contributed by atoms with Gasteiger partial charge in [-0.25, -0.2) is 9.80 Å². The monoisotopic (exact) mass is 529 g/mol. The molecule has 11 heteroatoms. The van der Waals surface area contributed by atoms with Crippen LogP contribution in [0.4, 0.5) is 5.82 Å². The highest BCUT2D eigenvalue weighted by Gasteiger charge is 2.25. The molecular formula is C27H28ClN9O. The first-order valence-corrected chi connectivity index (χ1v) is 12.6. The van der Waals surface area contributed by atoms with Crippen LogP contribution in [0.15, 0.2) is 47.4 Å². The van der Waals surface area contributed by atoms with Gasteiger partial charge in [0.05, 0.1) is 40.1 Å². The summed E-state index contributed by atoms with van der Waals surface area (Å²) in [6.45, 7) is 4.90. The third kappa shape index (κ3) is 4.74. The molecule has 0 aliphatic carbocycles. The number of benzene rings is 1. The molecular weight excluding hydrogens is 502 g/mol. The molecule has 5 rings (SSSR count). The fourth-order valence-corrected chi connectivity index (χ4v) is 4.78. The molecule has 0 atom stereocenters. The number of pyridine rings is 1. The lowest BCUT2D eigenvalue weighted by Crippen LogP contribution is -2.29. The summed E-state index contributed by atoms with van der Waals surface area (Å²) in [5.74, 6) is 0.602. The number of hydrogen-bond donors (Lipinski definition) is 1. The molecule has 0 bridgehead atoms. The average molecular weight is 530 g/mol. The van der Waals surface area contributed by atoms with Crippen molar-refractivity contribution in [3.05, 3.63) is 69.4 Å². The third-order valence-corrected chi connectivity index (χ3v) is 6.37. The number of nitriles is 1. The summed E-state index contributed by atoms with van der Waals surface area (Å²) < 4.78 is 5.34. The second kappa shape index (κ2) is 9.93. The van der Waals surface area contributed by atoms with Crippen molar-refractivity contribution >= 4 is 39.4 Å². The van der Waals surface area contributed by atoms with Gasteiger partial charge in [-0.15, -0.1) is 0 Å². The Kier molecular flexibility index (Phi) is 6.65. The molecule has 4 heterocycles. The van der Waals surface area contributed by atoms with Gasteiger partial charge in [0.15, 0.2) is 11.5 Å². The zero-order valence-electron chi connectivity index (χ0n) is 21.9. The summed E-state index contributed by atoms with van der Waals surface area (Å²) in [6.07, 6.45) is 1.77. The van der Waals surface area contributed by atoms with E-state index < -0.39 is 0 Å². The van der Waals surface area contributed by atoms with Gasteiger partial charge in [0, 0.05) is 44.3 Å². The van der Waals surface area contributed by atoms with Crippen LogP contribution in [-0.4, -0.2) is 48.0 Å². The Bertz CT molecular complexity index is 1770. The molecule has 0 saturated heterocycles. The van der Waals surface area contributed by atoms with Crippen molar-refractivity contribution in [3.63, 3.8) is 0 Å². The van der Waals surface area contributed by atoms with Gasteiger partial charge in [0.1, 0.15) is 6.07 Å². The fraction of sp³-hybridized carbons (Fsp3) is 0.296. The van der Waals surface area contributed by atoms with Gasteiger partial charge in [-0.3, -0.25) is 14.2 Å². The van der Waals surface area contributed by atoms with Gasteiger partial charge < -0.3 is 9.99 Å². The van der Waals surface area contributed by atoms with E-state index in [-0.39, 0.29) is 11.6 Å². The summed E-state index contributed by atoms with van der Waals surface area (Å²) in [5, 5.41) is 18.6. The van der Waals surface area contributed by atoms with Crippen molar-refractivity contribution in [3.8, 4) is 17.5 Å². The molecule has 0 spiro atoms. The maximum atomic E-state index is 13.2. The van der Waals surface area contributed by atoms with Gasteiger partial charge in [0.2, 0.25) is 0 Å². The minimum absolute atomic E-state index is 0.202. The van der Waals surface area contributed by atoms with Crippen molar-refractivity contribution in [1.29, 1.82) is 5.26 Å². The molecule has 4 aromatic heterocycles. The van der Waals surface area contributed by atoms with Gasteiger partial charge in [0.25, 0.3) is 0 Å². The van der Waals surface area contributed by atoms with Crippen LogP contribution in [0.2, 0.25) is 5.02 Å². The number of anilines is 1. The highest BCUT2D eigenvalue weighted by molar-refractivity contribution is 6.31. The van der Waals surface area contributed by atoms with Crippen molar-refractivity contribution in [2.45, 2.75) is 26.9 Å². The lowest BCUT2D eigenvalue weighted by Gasteiger charge is -2.16. The number of nitrogens with one attached hydrogen (secondary N) is 1. The van der Waals surface area contributed by atoms with E-state index in [0.29, 0.717) is 40.5 Å². The molecule has 0 aliphatic heterocycles. The highest BCUT2D eigenvalue weighted by Crippen LogP contribution is 2.34. The van der Waals surface area contributed by atoms with Crippen LogP contribution in [0.5, 0.6) is 0 Å². The minimum Gasteiger partial charge on any atom is -0.348 e. The summed E-state index contributed by atoms with van der Waals surface area (Å²) in [6, 6.07) is 13.6. The molecule has 0 aliphatic rings. The Labute approximate surface area is 224 Å². The first-order valence-electron chi connectivity index (χ1n) is 12.2. The van der Waals surface area contributed by atoms with E-state index in [1.165, 1.54) is 0 Å². The number of aryl methyl sites for hydroxylation is 1.